The number of hydrogen-bond acceptors (Lipinski definition) is 6. The number of fused-ring (bicyclic) bond motifs is 1. The van der Waals surface area contributed by atoms with Gasteiger partial charge < -0.3 is 10.0 Å². The Kier molecular flexibility index (Phi) is 5.49. The Balaban J connectivity index is 1.33. The molecule has 1 aromatic carbocycles. The SMILES string of the molecule is Cc1cc(C(=O)N2CCC(O)(Cn3cnc4c(cnn4-c4ccc(Cl)cc4)c3=O)CC2)n(C)n1. The monoisotopic (exact) mass is 481 g/mol. The normalized spacial score (nSPS) is 15.7. The second kappa shape index (κ2) is 8.37. The van der Waals surface area contributed by atoms with Crippen LogP contribution in [0.4, 0.5) is 0 Å². The Morgan fingerprint density at radius 2 is 1.91 bits per heavy atom. The van der Waals surface area contributed by atoms with Crippen molar-refractivity contribution < 1.29 is 9.90 Å². The van der Waals surface area contributed by atoms with Gasteiger partial charge in [0.1, 0.15) is 17.4 Å². The molecule has 4 heterocycles. The molecule has 1 amide bonds. The van der Waals surface area contributed by atoms with Gasteiger partial charge in [0, 0.05) is 25.2 Å². The molecule has 34 heavy (non-hydrogen) atoms. The largest absolute Gasteiger partial charge is 0.388 e. The standard InChI is InChI=1S/C23H24ClN7O3/c1-15-11-19(28(2)27-15)22(33)29-9-7-23(34,8-10-29)13-30-14-25-20-18(21(30)32)12-26-31(20)17-5-3-16(24)4-6-17/h3-6,11-12,14,34H,7-10,13H2,1-2H3. The van der Waals surface area contributed by atoms with E-state index in [2.05, 4.69) is 15.2 Å². The fraction of sp³-hybridized carbons (Fsp3) is 0.348. The van der Waals surface area contributed by atoms with Crippen molar-refractivity contribution >= 4 is 28.5 Å². The minimum Gasteiger partial charge on any atom is -0.388 e. The predicted octanol–water partition coefficient (Wildman–Crippen LogP) is 1.94. The maximum absolute atomic E-state index is 13.1. The van der Waals surface area contributed by atoms with Crippen LogP contribution < -0.4 is 5.56 Å². The van der Waals surface area contributed by atoms with E-state index in [-0.39, 0.29) is 18.0 Å². The number of likely N-dealkylation sites (tertiary alicyclic amines) is 1. The number of amides is 1. The van der Waals surface area contributed by atoms with E-state index in [0.717, 1.165) is 11.4 Å². The van der Waals surface area contributed by atoms with E-state index in [4.69, 9.17) is 11.6 Å². The topological polar surface area (TPSA) is 111 Å². The van der Waals surface area contributed by atoms with Gasteiger partial charge in [-0.3, -0.25) is 18.8 Å². The number of piperidine rings is 1. The summed E-state index contributed by atoms with van der Waals surface area (Å²) in [4.78, 5) is 32.1. The van der Waals surface area contributed by atoms with E-state index >= 15 is 0 Å². The molecule has 0 spiro atoms. The lowest BCUT2D eigenvalue weighted by Crippen LogP contribution is -2.50. The summed E-state index contributed by atoms with van der Waals surface area (Å²) < 4.78 is 4.57. The van der Waals surface area contributed by atoms with Gasteiger partial charge in [-0.1, -0.05) is 11.6 Å². The Hall–Kier alpha value is -3.50. The van der Waals surface area contributed by atoms with Gasteiger partial charge in [-0.2, -0.15) is 10.2 Å². The first kappa shape index (κ1) is 22.3. The van der Waals surface area contributed by atoms with Crippen LogP contribution in [0.5, 0.6) is 0 Å². The molecular weight excluding hydrogens is 458 g/mol. The molecule has 0 atom stereocenters. The number of hydrogen-bond donors (Lipinski definition) is 1. The molecule has 0 radical (unpaired) electrons. The van der Waals surface area contributed by atoms with Crippen LogP contribution in [0.2, 0.25) is 5.02 Å². The molecule has 1 aliphatic heterocycles. The molecule has 0 aliphatic carbocycles. The van der Waals surface area contributed by atoms with Crippen LogP contribution in [0.3, 0.4) is 0 Å². The van der Waals surface area contributed by atoms with Crippen LogP contribution in [-0.4, -0.2) is 63.7 Å². The van der Waals surface area contributed by atoms with Crippen molar-refractivity contribution in [2.75, 3.05) is 13.1 Å². The van der Waals surface area contributed by atoms with Crippen molar-refractivity contribution in [3.8, 4) is 5.69 Å². The zero-order valence-electron chi connectivity index (χ0n) is 18.8. The fourth-order valence-corrected chi connectivity index (χ4v) is 4.53. The van der Waals surface area contributed by atoms with E-state index in [1.54, 1.807) is 51.6 Å². The molecule has 1 fully saturated rings. The molecule has 10 nitrogen and oxygen atoms in total. The summed E-state index contributed by atoms with van der Waals surface area (Å²) in [6, 6.07) is 8.84. The predicted molar refractivity (Wildman–Crippen MR) is 126 cm³/mol. The van der Waals surface area contributed by atoms with Gasteiger partial charge in [-0.15, -0.1) is 0 Å². The smallest absolute Gasteiger partial charge is 0.272 e. The molecule has 1 saturated heterocycles. The minimum atomic E-state index is -1.12. The molecule has 1 aliphatic rings. The highest BCUT2D eigenvalue weighted by atomic mass is 35.5. The van der Waals surface area contributed by atoms with E-state index < -0.39 is 5.60 Å². The number of rotatable bonds is 4. The summed E-state index contributed by atoms with van der Waals surface area (Å²) in [5.74, 6) is -0.111. The first-order valence-corrected chi connectivity index (χ1v) is 11.3. The number of carbonyl (C=O) groups is 1. The van der Waals surface area contributed by atoms with Gasteiger partial charge in [0.25, 0.3) is 11.5 Å². The van der Waals surface area contributed by atoms with Gasteiger partial charge in [0.15, 0.2) is 5.65 Å². The summed E-state index contributed by atoms with van der Waals surface area (Å²) in [6.07, 6.45) is 3.62. The summed E-state index contributed by atoms with van der Waals surface area (Å²) >= 11 is 5.96. The number of nitrogens with zero attached hydrogens (tertiary/aromatic N) is 7. The average molecular weight is 482 g/mol. The van der Waals surface area contributed by atoms with E-state index in [0.29, 0.717) is 47.7 Å². The highest BCUT2D eigenvalue weighted by molar-refractivity contribution is 6.30. The molecule has 4 aromatic rings. The van der Waals surface area contributed by atoms with Crippen LogP contribution in [0.25, 0.3) is 16.7 Å². The molecule has 3 aromatic heterocycles. The lowest BCUT2D eigenvalue weighted by Gasteiger charge is -2.38. The highest BCUT2D eigenvalue weighted by Crippen LogP contribution is 2.25. The number of halogens is 1. The van der Waals surface area contributed by atoms with Gasteiger partial charge in [-0.05, 0) is 50.1 Å². The lowest BCUT2D eigenvalue weighted by molar-refractivity contribution is -0.0301. The van der Waals surface area contributed by atoms with Crippen molar-refractivity contribution in [3.63, 3.8) is 0 Å². The number of aromatic nitrogens is 6. The molecule has 11 heteroatoms. The molecule has 176 valence electrons. The maximum atomic E-state index is 13.1. The molecule has 1 N–H and O–H groups in total. The summed E-state index contributed by atoms with van der Waals surface area (Å²) in [5.41, 5.74) is 1.07. The lowest BCUT2D eigenvalue weighted by atomic mass is 9.91. The van der Waals surface area contributed by atoms with Crippen LogP contribution in [0.1, 0.15) is 29.0 Å². The molecular formula is C23H24ClN7O3. The maximum Gasteiger partial charge on any atom is 0.272 e. The quantitative estimate of drug-likeness (QED) is 0.477. The Morgan fingerprint density at radius 1 is 1.21 bits per heavy atom. The Labute approximate surface area is 200 Å². The number of carbonyl (C=O) groups excluding carboxylic acids is 1. The average Bonchev–Trinajstić information content (AvgIpc) is 3.39. The summed E-state index contributed by atoms with van der Waals surface area (Å²) in [7, 11) is 1.74. The van der Waals surface area contributed by atoms with E-state index in [1.807, 2.05) is 6.92 Å². The molecule has 0 saturated carbocycles. The van der Waals surface area contributed by atoms with Gasteiger partial charge in [0.2, 0.25) is 0 Å². The summed E-state index contributed by atoms with van der Waals surface area (Å²) in [6.45, 7) is 2.71. The fourth-order valence-electron chi connectivity index (χ4n) is 4.41. The van der Waals surface area contributed by atoms with Crippen LogP contribution in [-0.2, 0) is 13.6 Å². The van der Waals surface area contributed by atoms with Crippen molar-refractivity contribution in [2.24, 2.45) is 7.05 Å². The van der Waals surface area contributed by atoms with Crippen LogP contribution >= 0.6 is 11.6 Å². The van der Waals surface area contributed by atoms with Crippen molar-refractivity contribution in [2.45, 2.75) is 31.9 Å². The van der Waals surface area contributed by atoms with E-state index in [9.17, 15) is 14.7 Å². The van der Waals surface area contributed by atoms with Crippen LogP contribution in [0.15, 0.2) is 47.7 Å². The number of aryl methyl sites for hydroxylation is 2. The zero-order chi connectivity index (χ0) is 24.0. The third-order valence-corrected chi connectivity index (χ3v) is 6.54. The van der Waals surface area contributed by atoms with Crippen molar-refractivity contribution in [1.82, 2.24) is 34.0 Å². The first-order valence-electron chi connectivity index (χ1n) is 11.0. The van der Waals surface area contributed by atoms with Gasteiger partial charge >= 0.3 is 0 Å². The zero-order valence-corrected chi connectivity index (χ0v) is 19.6. The van der Waals surface area contributed by atoms with Crippen molar-refractivity contribution in [1.29, 1.82) is 0 Å². The van der Waals surface area contributed by atoms with Gasteiger partial charge in [0.05, 0.1) is 29.7 Å². The highest BCUT2D eigenvalue weighted by Gasteiger charge is 2.35. The molecule has 0 unspecified atom stereocenters. The van der Waals surface area contributed by atoms with Gasteiger partial charge in [-0.25, -0.2) is 9.67 Å². The summed E-state index contributed by atoms with van der Waals surface area (Å²) in [5, 5.41) is 20.7. The van der Waals surface area contributed by atoms with Crippen molar-refractivity contribution in [3.05, 3.63) is 69.6 Å². The number of benzene rings is 1. The van der Waals surface area contributed by atoms with E-state index in [1.165, 1.54) is 17.1 Å². The Morgan fingerprint density at radius 3 is 2.56 bits per heavy atom. The Bertz CT molecular complexity index is 1430. The molecule has 5 rings (SSSR count). The molecule has 0 bridgehead atoms. The third kappa shape index (κ3) is 3.99. The second-order valence-electron chi connectivity index (χ2n) is 8.76. The van der Waals surface area contributed by atoms with Crippen LogP contribution in [0, 0.1) is 6.92 Å². The first-order chi connectivity index (χ1) is 16.2. The second-order valence-corrected chi connectivity index (χ2v) is 9.20. The number of aliphatic hydroxyl groups is 1. The minimum absolute atomic E-state index is 0.0910. The third-order valence-electron chi connectivity index (χ3n) is 6.29.